The molecular weight excluding hydrogens is 345 g/mol. The van der Waals surface area contributed by atoms with Crippen LogP contribution in [0.4, 0.5) is 4.39 Å². The van der Waals surface area contributed by atoms with E-state index < -0.39 is 11.7 Å². The summed E-state index contributed by atoms with van der Waals surface area (Å²) in [6, 6.07) is 11.8. The molecule has 0 saturated heterocycles. The quantitative estimate of drug-likeness (QED) is 0.752. The molecule has 3 aromatic rings. The molecule has 0 aliphatic carbocycles. The summed E-state index contributed by atoms with van der Waals surface area (Å²) in [6.07, 6.45) is 0.330. The van der Waals surface area contributed by atoms with Crippen molar-refractivity contribution in [3.63, 3.8) is 0 Å². The normalized spacial score (nSPS) is 10.7. The first-order valence-corrected chi connectivity index (χ1v) is 8.04. The summed E-state index contributed by atoms with van der Waals surface area (Å²) in [6.45, 7) is 2.20. The van der Waals surface area contributed by atoms with Gasteiger partial charge in [-0.1, -0.05) is 35.4 Å². The molecule has 0 spiro atoms. The maximum Gasteiger partial charge on any atom is 0.255 e. The number of carbonyl (C=O) groups is 1. The third kappa shape index (κ3) is 4.03. The molecule has 0 radical (unpaired) electrons. The molecule has 3 rings (SSSR count). The average Bonchev–Trinajstić information content (AvgIpc) is 3.04. The fourth-order valence-electron chi connectivity index (χ4n) is 2.34. The Kier molecular flexibility index (Phi) is 5.09. The van der Waals surface area contributed by atoms with Gasteiger partial charge in [-0.25, -0.2) is 4.39 Å². The molecule has 0 aliphatic heterocycles. The number of nitrogens with one attached hydrogen (secondary N) is 1. The molecule has 0 atom stereocenters. The van der Waals surface area contributed by atoms with Gasteiger partial charge in [0.25, 0.3) is 5.91 Å². The lowest BCUT2D eigenvalue weighted by Gasteiger charge is -2.06. The lowest BCUT2D eigenvalue weighted by molar-refractivity contribution is 0.0950. The number of aryl methyl sites for hydroxylation is 1. The van der Waals surface area contributed by atoms with Gasteiger partial charge in [-0.15, -0.1) is 10.2 Å². The zero-order chi connectivity index (χ0) is 17.8. The Morgan fingerprint density at radius 1 is 1.24 bits per heavy atom. The number of carbonyl (C=O) groups excluding carboxylic acids is 1. The Balaban J connectivity index is 1.61. The molecule has 0 aliphatic rings. The van der Waals surface area contributed by atoms with E-state index in [2.05, 4.69) is 15.5 Å². The molecule has 7 heteroatoms. The highest BCUT2D eigenvalue weighted by Gasteiger charge is 2.16. The largest absolute Gasteiger partial charge is 0.421 e. The molecular formula is C18H15ClFN3O2. The van der Waals surface area contributed by atoms with Crippen LogP contribution in [0.25, 0.3) is 11.5 Å². The Hall–Kier alpha value is -2.73. The van der Waals surface area contributed by atoms with Crippen molar-refractivity contribution in [1.82, 2.24) is 15.5 Å². The predicted octanol–water partition coefficient (Wildman–Crippen LogP) is 3.81. The fourth-order valence-corrected chi connectivity index (χ4v) is 2.58. The molecule has 2 aromatic carbocycles. The van der Waals surface area contributed by atoms with E-state index in [0.717, 1.165) is 11.1 Å². The summed E-state index contributed by atoms with van der Waals surface area (Å²) < 4.78 is 19.3. The zero-order valence-electron chi connectivity index (χ0n) is 13.4. The Bertz CT molecular complexity index is 891. The number of amides is 1. The first-order chi connectivity index (χ1) is 12.0. The van der Waals surface area contributed by atoms with E-state index in [1.807, 2.05) is 31.2 Å². The van der Waals surface area contributed by atoms with E-state index in [1.165, 1.54) is 18.2 Å². The molecule has 0 saturated carbocycles. The van der Waals surface area contributed by atoms with E-state index in [1.54, 1.807) is 0 Å². The van der Waals surface area contributed by atoms with Gasteiger partial charge in [0.2, 0.25) is 11.8 Å². The number of halogens is 2. The van der Waals surface area contributed by atoms with Crippen LogP contribution in [0.15, 0.2) is 46.9 Å². The van der Waals surface area contributed by atoms with Gasteiger partial charge in [0, 0.05) is 18.5 Å². The van der Waals surface area contributed by atoms with E-state index in [9.17, 15) is 9.18 Å². The van der Waals surface area contributed by atoms with Gasteiger partial charge in [-0.3, -0.25) is 4.79 Å². The van der Waals surface area contributed by atoms with Crippen LogP contribution in [0.3, 0.4) is 0 Å². The summed E-state index contributed by atoms with van der Waals surface area (Å²) in [5, 5.41) is 10.6. The maximum absolute atomic E-state index is 13.7. The van der Waals surface area contributed by atoms with Gasteiger partial charge in [-0.2, -0.15) is 0 Å². The predicted molar refractivity (Wildman–Crippen MR) is 91.9 cm³/mol. The van der Waals surface area contributed by atoms with Crippen LogP contribution >= 0.6 is 11.6 Å². The number of aromatic nitrogens is 2. The monoisotopic (exact) mass is 359 g/mol. The van der Waals surface area contributed by atoms with Crippen LogP contribution in [0.2, 0.25) is 5.02 Å². The Morgan fingerprint density at radius 3 is 2.80 bits per heavy atom. The molecule has 0 fully saturated rings. The zero-order valence-corrected chi connectivity index (χ0v) is 14.2. The molecule has 0 unspecified atom stereocenters. The van der Waals surface area contributed by atoms with Crippen molar-refractivity contribution in [2.24, 2.45) is 0 Å². The first kappa shape index (κ1) is 17.1. The van der Waals surface area contributed by atoms with Crippen molar-refractivity contribution in [3.8, 4) is 11.5 Å². The number of hydrogen-bond acceptors (Lipinski definition) is 4. The highest BCUT2D eigenvalue weighted by atomic mass is 35.5. The molecule has 1 aromatic heterocycles. The smallest absolute Gasteiger partial charge is 0.255 e. The van der Waals surface area contributed by atoms with Crippen molar-refractivity contribution in [3.05, 3.63) is 70.3 Å². The van der Waals surface area contributed by atoms with Crippen LogP contribution < -0.4 is 5.32 Å². The first-order valence-electron chi connectivity index (χ1n) is 7.66. The van der Waals surface area contributed by atoms with Crippen molar-refractivity contribution in [2.75, 3.05) is 6.54 Å². The van der Waals surface area contributed by atoms with Gasteiger partial charge in [0.05, 0.1) is 10.6 Å². The Labute approximate surface area is 148 Å². The number of nitrogens with zero attached hydrogens (tertiary/aromatic N) is 2. The maximum atomic E-state index is 13.7. The second kappa shape index (κ2) is 7.44. The summed E-state index contributed by atoms with van der Waals surface area (Å²) >= 11 is 5.86. The topological polar surface area (TPSA) is 68.0 Å². The lowest BCUT2D eigenvalue weighted by atomic mass is 10.1. The van der Waals surface area contributed by atoms with E-state index in [0.29, 0.717) is 18.2 Å². The number of rotatable bonds is 5. The van der Waals surface area contributed by atoms with Crippen LogP contribution in [-0.2, 0) is 6.42 Å². The summed E-state index contributed by atoms with van der Waals surface area (Å²) in [7, 11) is 0. The van der Waals surface area contributed by atoms with E-state index in [-0.39, 0.29) is 17.1 Å². The molecule has 25 heavy (non-hydrogen) atoms. The molecule has 5 nitrogen and oxygen atoms in total. The van der Waals surface area contributed by atoms with Gasteiger partial charge < -0.3 is 9.73 Å². The van der Waals surface area contributed by atoms with Crippen molar-refractivity contribution in [2.45, 2.75) is 13.3 Å². The van der Waals surface area contributed by atoms with Crippen molar-refractivity contribution in [1.29, 1.82) is 0 Å². The molecule has 0 bridgehead atoms. The van der Waals surface area contributed by atoms with Crippen LogP contribution in [-0.4, -0.2) is 22.6 Å². The van der Waals surface area contributed by atoms with E-state index >= 15 is 0 Å². The standard InChI is InChI=1S/C18H15ClFN3O2/c1-11-4-2-5-12(10-11)18-23-22-15(25-18)8-9-21-17(24)16-13(19)6-3-7-14(16)20/h2-7,10H,8-9H2,1H3,(H,21,24). The summed E-state index contributed by atoms with van der Waals surface area (Å²) in [5.74, 6) is -0.440. The molecule has 1 N–H and O–H groups in total. The lowest BCUT2D eigenvalue weighted by Crippen LogP contribution is -2.27. The third-order valence-electron chi connectivity index (χ3n) is 3.55. The highest BCUT2D eigenvalue weighted by molar-refractivity contribution is 6.33. The number of hydrogen-bond donors (Lipinski definition) is 1. The third-order valence-corrected chi connectivity index (χ3v) is 3.86. The highest BCUT2D eigenvalue weighted by Crippen LogP contribution is 2.20. The van der Waals surface area contributed by atoms with Crippen LogP contribution in [0.5, 0.6) is 0 Å². The van der Waals surface area contributed by atoms with E-state index in [4.69, 9.17) is 16.0 Å². The second-order valence-corrected chi connectivity index (χ2v) is 5.88. The summed E-state index contributed by atoms with van der Waals surface area (Å²) in [5.41, 5.74) is 1.75. The van der Waals surface area contributed by atoms with Gasteiger partial charge in [0.15, 0.2) is 0 Å². The van der Waals surface area contributed by atoms with Crippen molar-refractivity contribution >= 4 is 17.5 Å². The molecule has 1 amide bonds. The van der Waals surface area contributed by atoms with Crippen molar-refractivity contribution < 1.29 is 13.6 Å². The fraction of sp³-hybridized carbons (Fsp3) is 0.167. The van der Waals surface area contributed by atoms with Gasteiger partial charge >= 0.3 is 0 Å². The van der Waals surface area contributed by atoms with Gasteiger partial charge in [-0.05, 0) is 31.2 Å². The van der Waals surface area contributed by atoms with Crippen LogP contribution in [0, 0.1) is 12.7 Å². The summed E-state index contributed by atoms with van der Waals surface area (Å²) in [4.78, 5) is 12.0. The Morgan fingerprint density at radius 2 is 2.04 bits per heavy atom. The molecule has 1 heterocycles. The minimum atomic E-state index is -0.662. The SMILES string of the molecule is Cc1cccc(-c2nnc(CCNC(=O)c3c(F)cccc3Cl)o2)c1. The minimum absolute atomic E-state index is 0.0667. The minimum Gasteiger partial charge on any atom is -0.421 e. The number of benzene rings is 2. The van der Waals surface area contributed by atoms with Crippen LogP contribution in [0.1, 0.15) is 21.8 Å². The molecule has 128 valence electrons. The average molecular weight is 360 g/mol. The van der Waals surface area contributed by atoms with Gasteiger partial charge in [0.1, 0.15) is 5.82 Å². The second-order valence-electron chi connectivity index (χ2n) is 5.47.